The summed E-state index contributed by atoms with van der Waals surface area (Å²) in [5.41, 5.74) is 0. The van der Waals surface area contributed by atoms with Crippen molar-refractivity contribution in [3.8, 4) is 0 Å². The van der Waals surface area contributed by atoms with E-state index in [1.54, 1.807) is 0 Å². The minimum absolute atomic E-state index is 0.643. The van der Waals surface area contributed by atoms with Gasteiger partial charge in [-0.15, -0.1) is 0 Å². The zero-order valence-electron chi connectivity index (χ0n) is 11.0. The number of hydrogen-bond donors (Lipinski definition) is 1. The average molecular weight is 227 g/mol. The van der Waals surface area contributed by atoms with Gasteiger partial charge < -0.3 is 4.74 Å². The minimum atomic E-state index is 0.643. The fourth-order valence-corrected chi connectivity index (χ4v) is 2.32. The summed E-state index contributed by atoms with van der Waals surface area (Å²) in [5, 5.41) is 3.36. The molecule has 1 atom stereocenters. The molecule has 1 fully saturated rings. The van der Waals surface area contributed by atoms with Crippen molar-refractivity contribution in [2.45, 2.75) is 77.2 Å². The topological polar surface area (TPSA) is 21.3 Å². The van der Waals surface area contributed by atoms with Gasteiger partial charge in [0.2, 0.25) is 0 Å². The number of nitrogens with one attached hydrogen (secondary N) is 1. The number of rotatable bonds is 10. The van der Waals surface area contributed by atoms with E-state index in [9.17, 15) is 0 Å². The monoisotopic (exact) mass is 227 g/mol. The zero-order chi connectivity index (χ0) is 11.5. The van der Waals surface area contributed by atoms with Gasteiger partial charge in [-0.2, -0.15) is 0 Å². The Morgan fingerprint density at radius 1 is 0.938 bits per heavy atom. The lowest BCUT2D eigenvalue weighted by molar-refractivity contribution is 0.188. The Labute approximate surface area is 101 Å². The highest BCUT2D eigenvalue weighted by Gasteiger charge is 2.12. The molecule has 96 valence electrons. The molecular formula is C14H29NO. The molecule has 0 aromatic carbocycles. The van der Waals surface area contributed by atoms with E-state index in [1.807, 2.05) is 0 Å². The molecule has 0 bridgehead atoms. The SMILES string of the molecule is CCCCCCCCCCCC1COCN1. The van der Waals surface area contributed by atoms with Crippen molar-refractivity contribution >= 4 is 0 Å². The first-order chi connectivity index (χ1) is 7.93. The van der Waals surface area contributed by atoms with Crippen LogP contribution in [0.3, 0.4) is 0 Å². The van der Waals surface area contributed by atoms with Crippen LogP contribution < -0.4 is 5.32 Å². The van der Waals surface area contributed by atoms with Crippen LogP contribution in [0.4, 0.5) is 0 Å². The van der Waals surface area contributed by atoms with Crippen LogP contribution in [0.5, 0.6) is 0 Å². The first-order valence-electron chi connectivity index (χ1n) is 7.24. The zero-order valence-corrected chi connectivity index (χ0v) is 11.0. The van der Waals surface area contributed by atoms with Crippen molar-refractivity contribution in [1.29, 1.82) is 0 Å². The Balaban J connectivity index is 1.71. The lowest BCUT2D eigenvalue weighted by Crippen LogP contribution is -2.23. The van der Waals surface area contributed by atoms with Gasteiger partial charge in [-0.3, -0.25) is 5.32 Å². The summed E-state index contributed by atoms with van der Waals surface area (Å²) in [6.07, 6.45) is 14.1. The van der Waals surface area contributed by atoms with Gasteiger partial charge in [0.15, 0.2) is 0 Å². The van der Waals surface area contributed by atoms with Gasteiger partial charge in [-0.25, -0.2) is 0 Å². The molecule has 2 nitrogen and oxygen atoms in total. The number of hydrogen-bond acceptors (Lipinski definition) is 2. The summed E-state index contributed by atoms with van der Waals surface area (Å²) in [4.78, 5) is 0. The Hall–Kier alpha value is -0.0800. The van der Waals surface area contributed by atoms with E-state index in [-0.39, 0.29) is 0 Å². The fourth-order valence-electron chi connectivity index (χ4n) is 2.32. The molecule has 1 unspecified atom stereocenters. The quantitative estimate of drug-likeness (QED) is 0.572. The van der Waals surface area contributed by atoms with Crippen LogP contribution in [0.25, 0.3) is 0 Å². The fraction of sp³-hybridized carbons (Fsp3) is 1.00. The second kappa shape index (κ2) is 10.1. The highest BCUT2D eigenvalue weighted by Crippen LogP contribution is 2.12. The molecular weight excluding hydrogens is 198 g/mol. The summed E-state index contributed by atoms with van der Waals surface area (Å²) in [7, 11) is 0. The molecule has 0 aromatic heterocycles. The summed E-state index contributed by atoms with van der Waals surface area (Å²) in [5.74, 6) is 0. The molecule has 0 saturated carbocycles. The van der Waals surface area contributed by atoms with Crippen LogP contribution >= 0.6 is 0 Å². The van der Waals surface area contributed by atoms with Crippen LogP contribution in [0.15, 0.2) is 0 Å². The normalized spacial score (nSPS) is 20.4. The smallest absolute Gasteiger partial charge is 0.0968 e. The predicted octanol–water partition coefficient (Wildman–Crippen LogP) is 3.85. The maximum atomic E-state index is 5.28. The molecule has 1 N–H and O–H groups in total. The summed E-state index contributed by atoms with van der Waals surface area (Å²) in [6, 6.07) is 0.643. The molecule has 0 aliphatic carbocycles. The van der Waals surface area contributed by atoms with Crippen LogP contribution in [0.1, 0.15) is 71.1 Å². The van der Waals surface area contributed by atoms with E-state index in [1.165, 1.54) is 64.2 Å². The number of unbranched alkanes of at least 4 members (excludes halogenated alkanes) is 8. The highest BCUT2D eigenvalue weighted by molar-refractivity contribution is 4.68. The molecule has 1 aliphatic rings. The Morgan fingerprint density at radius 3 is 2.12 bits per heavy atom. The van der Waals surface area contributed by atoms with Gasteiger partial charge >= 0.3 is 0 Å². The molecule has 1 aliphatic heterocycles. The third-order valence-corrected chi connectivity index (χ3v) is 3.45. The van der Waals surface area contributed by atoms with E-state index in [0.29, 0.717) is 6.04 Å². The molecule has 0 spiro atoms. The summed E-state index contributed by atoms with van der Waals surface area (Å²) in [6.45, 7) is 3.97. The van der Waals surface area contributed by atoms with E-state index in [4.69, 9.17) is 4.74 Å². The molecule has 0 radical (unpaired) electrons. The largest absolute Gasteiger partial charge is 0.365 e. The molecule has 0 aromatic rings. The van der Waals surface area contributed by atoms with Gasteiger partial charge in [0, 0.05) is 6.04 Å². The van der Waals surface area contributed by atoms with E-state index < -0.39 is 0 Å². The third kappa shape index (κ3) is 7.24. The van der Waals surface area contributed by atoms with Crippen molar-refractivity contribution in [2.75, 3.05) is 13.3 Å². The first-order valence-corrected chi connectivity index (χ1v) is 7.24. The minimum Gasteiger partial charge on any atom is -0.365 e. The molecule has 2 heteroatoms. The lowest BCUT2D eigenvalue weighted by atomic mass is 10.0. The second-order valence-electron chi connectivity index (χ2n) is 5.03. The van der Waals surface area contributed by atoms with Gasteiger partial charge in [-0.1, -0.05) is 64.7 Å². The van der Waals surface area contributed by atoms with E-state index in [0.717, 1.165) is 13.3 Å². The Morgan fingerprint density at radius 2 is 1.56 bits per heavy atom. The lowest BCUT2D eigenvalue weighted by Gasteiger charge is -2.07. The van der Waals surface area contributed by atoms with Crippen LogP contribution in [0, 0.1) is 0 Å². The first kappa shape index (κ1) is 14.0. The number of ether oxygens (including phenoxy) is 1. The van der Waals surface area contributed by atoms with Gasteiger partial charge in [0.1, 0.15) is 0 Å². The van der Waals surface area contributed by atoms with Crippen molar-refractivity contribution in [1.82, 2.24) is 5.32 Å². The third-order valence-electron chi connectivity index (χ3n) is 3.45. The van der Waals surface area contributed by atoms with Gasteiger partial charge in [0.05, 0.1) is 13.3 Å². The maximum Gasteiger partial charge on any atom is 0.0968 e. The molecule has 1 saturated heterocycles. The second-order valence-corrected chi connectivity index (χ2v) is 5.03. The van der Waals surface area contributed by atoms with E-state index >= 15 is 0 Å². The van der Waals surface area contributed by atoms with Gasteiger partial charge in [-0.05, 0) is 6.42 Å². The Kier molecular flexibility index (Phi) is 8.83. The van der Waals surface area contributed by atoms with E-state index in [2.05, 4.69) is 12.2 Å². The molecule has 1 heterocycles. The summed E-state index contributed by atoms with van der Waals surface area (Å²) < 4.78 is 5.28. The van der Waals surface area contributed by atoms with Gasteiger partial charge in [0.25, 0.3) is 0 Å². The van der Waals surface area contributed by atoms with Crippen LogP contribution in [-0.2, 0) is 4.74 Å². The predicted molar refractivity (Wildman–Crippen MR) is 69.6 cm³/mol. The van der Waals surface area contributed by atoms with Crippen molar-refractivity contribution < 1.29 is 4.74 Å². The standard InChI is InChI=1S/C14H29NO/c1-2-3-4-5-6-7-8-9-10-11-14-12-16-13-15-14/h14-15H,2-13H2,1H3. The molecule has 1 rings (SSSR count). The van der Waals surface area contributed by atoms with Crippen molar-refractivity contribution in [3.05, 3.63) is 0 Å². The molecule has 0 amide bonds. The van der Waals surface area contributed by atoms with Crippen molar-refractivity contribution in [3.63, 3.8) is 0 Å². The van der Waals surface area contributed by atoms with Crippen LogP contribution in [-0.4, -0.2) is 19.4 Å². The van der Waals surface area contributed by atoms with Crippen molar-refractivity contribution in [2.24, 2.45) is 0 Å². The highest BCUT2D eigenvalue weighted by atomic mass is 16.5. The average Bonchev–Trinajstić information content (AvgIpc) is 2.80. The Bertz CT molecular complexity index is 144. The molecule has 16 heavy (non-hydrogen) atoms. The maximum absolute atomic E-state index is 5.28. The summed E-state index contributed by atoms with van der Waals surface area (Å²) >= 11 is 0. The van der Waals surface area contributed by atoms with Crippen LogP contribution in [0.2, 0.25) is 0 Å².